The standard InChI is InChI=1S/2C63H45N3/c1-63(2)57-18-8-3-13-51(57)52-40-39-50(41-58(52)63)64(46-31-23-42(24-32-46)44-27-35-48(36-28-44)65-59-19-9-4-14-53(59)54-15-5-10-20-60(54)65)47-33-25-43(26-34-47)45-29-37-49(38-30-45)66-61-21-11-6-16-55(61)56-17-7-12-22-62(56)66;1-63(2)57-22-12-9-19-51(57)52-36-35-50(41-58(52)63)64(48-31-25-42(26-32-48)44-29-37-61-55(39-44)53-20-10-13-23-59(53)65(61)46-15-5-3-6-16-46)49-33-27-43(28-34-49)45-30-38-62-56(40-45)54-21-11-14-24-60(54)66(62)47-17-7-4-8-18-47/h2*3-41H,1-2H3. The Bertz CT molecular complexity index is 8140. The number of anilines is 6. The summed E-state index contributed by atoms with van der Waals surface area (Å²) in [5.41, 5.74) is 41.1. The maximum Gasteiger partial charge on any atom is 0.0541 e. The van der Waals surface area contributed by atoms with Crippen LogP contribution in [0.2, 0.25) is 0 Å². The van der Waals surface area contributed by atoms with E-state index in [9.17, 15) is 0 Å². The van der Waals surface area contributed by atoms with Crippen molar-refractivity contribution in [3.05, 3.63) is 495 Å². The normalized spacial score (nSPS) is 12.8. The summed E-state index contributed by atoms with van der Waals surface area (Å²) in [6, 6.07) is 174. The lowest BCUT2D eigenvalue weighted by atomic mass is 9.82. The van der Waals surface area contributed by atoms with Gasteiger partial charge < -0.3 is 28.1 Å². The Morgan fingerprint density at radius 2 is 0.364 bits per heavy atom. The van der Waals surface area contributed by atoms with Crippen LogP contribution in [0.1, 0.15) is 49.9 Å². The average Bonchev–Trinajstić information content (AvgIpc) is 1.53. The van der Waals surface area contributed by atoms with Crippen LogP contribution in [-0.2, 0) is 10.8 Å². The molecule has 4 aromatic heterocycles. The number of benzene rings is 20. The third-order valence-corrected chi connectivity index (χ3v) is 28.3. The highest BCUT2D eigenvalue weighted by molar-refractivity contribution is 6.14. The number of hydrogen-bond acceptors (Lipinski definition) is 2. The third-order valence-electron chi connectivity index (χ3n) is 28.3. The SMILES string of the molecule is CC1(C)c2ccccc2-c2ccc(N(c3ccc(-c4ccc(-n5c6ccccc6c6ccccc65)cc4)cc3)c3ccc(-c4ccc(-n5c6ccccc6c6ccccc65)cc4)cc3)cc21.CC1(C)c2ccccc2-c2ccc(N(c3ccc(-c4ccc5c(c4)c4ccccc4n5-c4ccccc4)cc3)c3ccc(-c4ccc5c(c4)c4ccccc4n5-c4ccccc4)cc3)cc21. The molecule has 4 heterocycles. The molecule has 26 rings (SSSR count). The van der Waals surface area contributed by atoms with Crippen LogP contribution >= 0.6 is 0 Å². The zero-order valence-corrected chi connectivity index (χ0v) is 73.7. The number of fused-ring (bicyclic) bond motifs is 18. The van der Waals surface area contributed by atoms with Gasteiger partial charge in [0.25, 0.3) is 0 Å². The molecule has 0 radical (unpaired) electrons. The van der Waals surface area contributed by atoms with Crippen LogP contribution < -0.4 is 9.80 Å². The van der Waals surface area contributed by atoms with Crippen molar-refractivity contribution in [2.24, 2.45) is 0 Å². The second-order valence-corrected chi connectivity index (χ2v) is 36.3. The van der Waals surface area contributed by atoms with Crippen molar-refractivity contribution in [2.75, 3.05) is 9.80 Å². The van der Waals surface area contributed by atoms with Gasteiger partial charge in [-0.2, -0.15) is 0 Å². The van der Waals surface area contributed by atoms with Gasteiger partial charge in [-0.25, -0.2) is 0 Å². The van der Waals surface area contributed by atoms with Crippen LogP contribution in [0.5, 0.6) is 0 Å². The minimum Gasteiger partial charge on any atom is -0.310 e. The molecule has 0 saturated carbocycles. The first kappa shape index (κ1) is 77.5. The molecule has 6 nitrogen and oxygen atoms in total. The van der Waals surface area contributed by atoms with E-state index < -0.39 is 0 Å². The van der Waals surface area contributed by atoms with E-state index in [4.69, 9.17) is 0 Å². The highest BCUT2D eigenvalue weighted by atomic mass is 15.1. The van der Waals surface area contributed by atoms with Crippen LogP contribution in [0.25, 0.3) is 177 Å². The topological polar surface area (TPSA) is 26.2 Å². The molecule has 20 aromatic carbocycles. The van der Waals surface area contributed by atoms with Crippen LogP contribution in [0.4, 0.5) is 34.1 Å². The highest BCUT2D eigenvalue weighted by Crippen LogP contribution is 2.54. The molecule has 0 bridgehead atoms. The molecule has 0 aliphatic heterocycles. The van der Waals surface area contributed by atoms with Crippen LogP contribution in [0, 0.1) is 0 Å². The zero-order valence-electron chi connectivity index (χ0n) is 73.7. The fourth-order valence-electron chi connectivity index (χ4n) is 21.8. The van der Waals surface area contributed by atoms with E-state index in [0.29, 0.717) is 0 Å². The lowest BCUT2D eigenvalue weighted by Gasteiger charge is -2.28. The van der Waals surface area contributed by atoms with Crippen LogP contribution in [0.15, 0.2) is 473 Å². The number of aromatic nitrogens is 4. The molecule has 6 heteroatoms. The summed E-state index contributed by atoms with van der Waals surface area (Å²) in [5.74, 6) is 0. The molecule has 624 valence electrons. The van der Waals surface area contributed by atoms with E-state index in [1.54, 1.807) is 0 Å². The van der Waals surface area contributed by atoms with Gasteiger partial charge in [-0.05, 0) is 271 Å². The molecule has 132 heavy (non-hydrogen) atoms. The van der Waals surface area contributed by atoms with Gasteiger partial charge in [-0.15, -0.1) is 0 Å². The Morgan fingerprint density at radius 1 is 0.152 bits per heavy atom. The van der Waals surface area contributed by atoms with Crippen molar-refractivity contribution in [2.45, 2.75) is 38.5 Å². The lowest BCUT2D eigenvalue weighted by molar-refractivity contribution is 0.660. The van der Waals surface area contributed by atoms with E-state index in [1.165, 1.54) is 188 Å². The van der Waals surface area contributed by atoms with Crippen LogP contribution in [0.3, 0.4) is 0 Å². The fraction of sp³-hybridized carbons (Fsp3) is 0.0476. The predicted molar refractivity (Wildman–Crippen MR) is 556 cm³/mol. The summed E-state index contributed by atoms with van der Waals surface area (Å²) in [7, 11) is 0. The van der Waals surface area contributed by atoms with Crippen molar-refractivity contribution < 1.29 is 0 Å². The minimum atomic E-state index is -0.119. The smallest absolute Gasteiger partial charge is 0.0541 e. The first-order chi connectivity index (χ1) is 65.0. The molecule has 0 unspecified atom stereocenters. The monoisotopic (exact) mass is 1690 g/mol. The van der Waals surface area contributed by atoms with Gasteiger partial charge in [-0.3, -0.25) is 0 Å². The largest absolute Gasteiger partial charge is 0.310 e. The number of nitrogens with zero attached hydrogens (tertiary/aromatic N) is 6. The van der Waals surface area contributed by atoms with Crippen molar-refractivity contribution in [3.63, 3.8) is 0 Å². The van der Waals surface area contributed by atoms with E-state index in [2.05, 4.69) is 529 Å². The van der Waals surface area contributed by atoms with E-state index in [1.807, 2.05) is 0 Å². The summed E-state index contributed by atoms with van der Waals surface area (Å²) < 4.78 is 9.50. The average molecular weight is 1690 g/mol. The molecule has 0 fully saturated rings. The Balaban J connectivity index is 0.000000142. The Hall–Kier alpha value is -16.8. The van der Waals surface area contributed by atoms with Gasteiger partial charge >= 0.3 is 0 Å². The number of para-hydroxylation sites is 8. The molecule has 0 amide bonds. The van der Waals surface area contributed by atoms with Crippen molar-refractivity contribution in [3.8, 4) is 89.5 Å². The van der Waals surface area contributed by atoms with Crippen molar-refractivity contribution in [1.29, 1.82) is 0 Å². The Labute approximate surface area is 767 Å². The van der Waals surface area contributed by atoms with E-state index >= 15 is 0 Å². The van der Waals surface area contributed by atoms with Crippen molar-refractivity contribution in [1.82, 2.24) is 18.3 Å². The molecule has 0 saturated heterocycles. The first-order valence-electron chi connectivity index (χ1n) is 45.8. The van der Waals surface area contributed by atoms with Gasteiger partial charge in [0.2, 0.25) is 0 Å². The Kier molecular flexibility index (Phi) is 18.2. The Morgan fingerprint density at radius 3 is 0.667 bits per heavy atom. The fourth-order valence-corrected chi connectivity index (χ4v) is 21.8. The third kappa shape index (κ3) is 12.7. The molecular weight excluding hydrogens is 1600 g/mol. The van der Waals surface area contributed by atoms with Gasteiger partial charge in [0, 0.05) is 111 Å². The van der Waals surface area contributed by atoms with Crippen LogP contribution in [-0.4, -0.2) is 18.3 Å². The highest BCUT2D eigenvalue weighted by Gasteiger charge is 2.38. The lowest BCUT2D eigenvalue weighted by Crippen LogP contribution is -2.16. The number of hydrogen-bond donors (Lipinski definition) is 0. The maximum absolute atomic E-state index is 2.42. The maximum atomic E-state index is 2.42. The second-order valence-electron chi connectivity index (χ2n) is 36.3. The first-order valence-corrected chi connectivity index (χ1v) is 45.8. The zero-order chi connectivity index (χ0) is 87.9. The molecule has 0 atom stereocenters. The second kappa shape index (κ2) is 31.0. The van der Waals surface area contributed by atoms with Gasteiger partial charge in [0.05, 0.1) is 44.1 Å². The molecular formula is C126H90N6. The summed E-state index contributed by atoms with van der Waals surface area (Å²) in [6.07, 6.45) is 0. The van der Waals surface area contributed by atoms with E-state index in [0.717, 1.165) is 45.5 Å². The number of rotatable bonds is 14. The molecule has 24 aromatic rings. The molecule has 0 spiro atoms. The molecule has 0 N–H and O–H groups in total. The molecule has 2 aliphatic carbocycles. The van der Waals surface area contributed by atoms with Crippen molar-refractivity contribution >= 4 is 121 Å². The quantitative estimate of drug-likeness (QED) is 0.108. The summed E-state index contributed by atoms with van der Waals surface area (Å²) in [6.45, 7) is 9.43. The van der Waals surface area contributed by atoms with E-state index in [-0.39, 0.29) is 10.8 Å². The predicted octanol–water partition coefficient (Wildman–Crippen LogP) is 34.0. The molecule has 2 aliphatic rings. The summed E-state index contributed by atoms with van der Waals surface area (Å²) >= 11 is 0. The minimum absolute atomic E-state index is 0.113. The van der Waals surface area contributed by atoms with Gasteiger partial charge in [-0.1, -0.05) is 319 Å². The van der Waals surface area contributed by atoms with Gasteiger partial charge in [0.1, 0.15) is 0 Å². The summed E-state index contributed by atoms with van der Waals surface area (Å²) in [5, 5.41) is 10.1. The van der Waals surface area contributed by atoms with Gasteiger partial charge in [0.15, 0.2) is 0 Å². The summed E-state index contributed by atoms with van der Waals surface area (Å²) in [4.78, 5) is 4.82.